The molecule has 2 saturated carbocycles. The third-order valence-electron chi connectivity index (χ3n) is 11.4. The van der Waals surface area contributed by atoms with Crippen molar-refractivity contribution in [2.45, 2.75) is 103 Å². The highest BCUT2D eigenvalue weighted by Crippen LogP contribution is 2.65. The zero-order valence-electron chi connectivity index (χ0n) is 29.0. The number of carbonyl (C=O) groups excluding carboxylic acids is 1. The van der Waals surface area contributed by atoms with Gasteiger partial charge in [0.05, 0.1) is 24.7 Å². The van der Waals surface area contributed by atoms with Crippen LogP contribution in [0.2, 0.25) is 18.1 Å². The first-order valence-corrected chi connectivity index (χ1v) is 19.7. The van der Waals surface area contributed by atoms with Crippen molar-refractivity contribution < 1.29 is 32.9 Å². The van der Waals surface area contributed by atoms with Crippen LogP contribution in [0.5, 0.6) is 0 Å². The number of methoxy groups -OCH3 is 1. The molecule has 0 spiro atoms. The number of fused-ring (bicyclic) bond motifs is 2. The summed E-state index contributed by atoms with van der Waals surface area (Å²) in [6.45, 7) is 17.0. The summed E-state index contributed by atoms with van der Waals surface area (Å²) in [7, 11) is -0.411. The summed E-state index contributed by atoms with van der Waals surface area (Å²) in [5.41, 5.74) is 0.0929. The van der Waals surface area contributed by atoms with Gasteiger partial charge in [-0.2, -0.15) is 0 Å². The molecule has 5 rings (SSSR count). The Balaban J connectivity index is 1.50. The van der Waals surface area contributed by atoms with Crippen LogP contribution in [0.1, 0.15) is 71.3 Å². The van der Waals surface area contributed by atoms with Gasteiger partial charge in [-0.25, -0.2) is 0 Å². The number of allylic oxidation sites excluding steroid dienone is 1. The van der Waals surface area contributed by atoms with E-state index in [0.717, 1.165) is 24.0 Å². The fourth-order valence-electron chi connectivity index (χ4n) is 7.27. The van der Waals surface area contributed by atoms with Crippen LogP contribution in [0.4, 0.5) is 0 Å². The van der Waals surface area contributed by atoms with Gasteiger partial charge in [0, 0.05) is 19.3 Å². The Hall–Kier alpha value is -2.17. The molecule has 46 heavy (non-hydrogen) atoms. The normalized spacial score (nSPS) is 31.2. The lowest BCUT2D eigenvalue weighted by Crippen LogP contribution is -2.54. The van der Waals surface area contributed by atoms with Gasteiger partial charge in [-0.3, -0.25) is 4.79 Å². The molecule has 3 fully saturated rings. The molecular weight excluding hydrogens is 596 g/mol. The Bertz CT molecular complexity index is 1340. The van der Waals surface area contributed by atoms with Crippen LogP contribution in [0.3, 0.4) is 0 Å². The largest absolute Gasteiger partial charge is 0.417 e. The highest BCUT2D eigenvalue weighted by Gasteiger charge is 2.68. The zero-order valence-corrected chi connectivity index (χ0v) is 30.0. The van der Waals surface area contributed by atoms with E-state index in [1.807, 2.05) is 48.5 Å². The second kappa shape index (κ2) is 13.7. The number of ketones is 1. The lowest BCUT2D eigenvalue weighted by Gasteiger charge is -2.46. The average Bonchev–Trinajstić information content (AvgIpc) is 3.38. The van der Waals surface area contributed by atoms with Crippen molar-refractivity contribution in [1.29, 1.82) is 0 Å². The highest BCUT2D eigenvalue weighted by molar-refractivity contribution is 6.74. The molecule has 7 nitrogen and oxygen atoms in total. The fraction of sp³-hybridized carbons (Fsp3) is 0.605. The summed E-state index contributed by atoms with van der Waals surface area (Å²) in [5.74, 6) is 0.244. The minimum atomic E-state index is -2.00. The van der Waals surface area contributed by atoms with Crippen molar-refractivity contribution in [2.75, 3.05) is 27.1 Å². The van der Waals surface area contributed by atoms with Crippen LogP contribution >= 0.6 is 0 Å². The minimum Gasteiger partial charge on any atom is -0.417 e. The van der Waals surface area contributed by atoms with E-state index < -0.39 is 31.7 Å². The fourth-order valence-corrected chi connectivity index (χ4v) is 8.33. The van der Waals surface area contributed by atoms with E-state index >= 15 is 0 Å². The molecule has 252 valence electrons. The molecule has 2 aromatic carbocycles. The Morgan fingerprint density at radius 2 is 1.67 bits per heavy atom. The number of hydrogen-bond acceptors (Lipinski definition) is 7. The van der Waals surface area contributed by atoms with Gasteiger partial charge in [-0.05, 0) is 54.3 Å². The van der Waals surface area contributed by atoms with E-state index in [9.17, 15) is 4.79 Å². The average molecular weight is 651 g/mol. The van der Waals surface area contributed by atoms with Crippen molar-refractivity contribution in [3.05, 3.63) is 83.9 Å². The summed E-state index contributed by atoms with van der Waals surface area (Å²) in [6.07, 6.45) is 5.12. The number of carbonyl (C=O) groups is 1. The number of rotatable bonds is 13. The maximum Gasteiger partial charge on any atom is 0.191 e. The second-order valence-electron chi connectivity index (χ2n) is 15.3. The summed E-state index contributed by atoms with van der Waals surface area (Å²) < 4.78 is 38.1. The summed E-state index contributed by atoms with van der Waals surface area (Å²) in [5, 5.41) is 0.0882. The minimum absolute atomic E-state index is 0.0882. The highest BCUT2D eigenvalue weighted by atomic mass is 28.4. The summed E-state index contributed by atoms with van der Waals surface area (Å²) in [4.78, 5) is 14.1. The van der Waals surface area contributed by atoms with E-state index in [1.54, 1.807) is 7.11 Å². The number of hydrogen-bond donors (Lipinski definition) is 0. The molecule has 3 aliphatic rings. The van der Waals surface area contributed by atoms with Crippen LogP contribution in [-0.4, -0.2) is 59.0 Å². The summed E-state index contributed by atoms with van der Waals surface area (Å²) >= 11 is 0. The molecule has 6 atom stereocenters. The van der Waals surface area contributed by atoms with Crippen LogP contribution < -0.4 is 0 Å². The third kappa shape index (κ3) is 6.72. The quantitative estimate of drug-likeness (QED) is 0.124. The third-order valence-corrected chi connectivity index (χ3v) is 15.9. The molecule has 2 aromatic rings. The van der Waals surface area contributed by atoms with Crippen molar-refractivity contribution in [2.24, 2.45) is 16.7 Å². The Kier molecular flexibility index (Phi) is 10.5. The van der Waals surface area contributed by atoms with Crippen molar-refractivity contribution >= 4 is 14.1 Å². The molecular formula is C38H54O7Si. The monoisotopic (exact) mass is 650 g/mol. The zero-order chi connectivity index (χ0) is 33.2. The molecule has 0 amide bonds. The van der Waals surface area contributed by atoms with Crippen LogP contribution in [0, 0.1) is 16.7 Å². The maximum atomic E-state index is 14.1. The molecule has 0 aromatic heterocycles. The van der Waals surface area contributed by atoms with Crippen LogP contribution in [0.15, 0.2) is 72.8 Å². The van der Waals surface area contributed by atoms with Gasteiger partial charge in [0.1, 0.15) is 18.5 Å². The van der Waals surface area contributed by atoms with Gasteiger partial charge < -0.3 is 28.1 Å². The molecule has 1 heterocycles. The standard InChI is InChI=1S/C38H54O7Si/c1-35(2,3)46(7,8)44-24-20-31-38(43-25-28-15-11-9-12-16-28,26-41-34(45-31)29-17-13-10-14-18-29)23-22-37-21-19-30(36(37,4)5)32(33(37)39)42-27-40-6/h9-18,22-23,30-32,34H,19-21,24-27H2,1-8H3/b23-22+/t30-,31+,32-,34-,37-,38+/m1/s1. The van der Waals surface area contributed by atoms with Gasteiger partial charge in [0.2, 0.25) is 0 Å². The van der Waals surface area contributed by atoms with E-state index in [1.165, 1.54) is 0 Å². The molecule has 1 saturated heterocycles. The summed E-state index contributed by atoms with van der Waals surface area (Å²) in [6, 6.07) is 20.2. The number of benzene rings is 2. The van der Waals surface area contributed by atoms with Gasteiger partial charge in [0.25, 0.3) is 0 Å². The number of Topliss-reactive ketones (excluding diaryl/α,β-unsaturated/α-hetero) is 1. The lowest BCUT2D eigenvalue weighted by molar-refractivity contribution is -0.295. The van der Waals surface area contributed by atoms with E-state index in [2.05, 4.69) is 72.0 Å². The Morgan fingerprint density at radius 1 is 1.00 bits per heavy atom. The molecule has 8 heteroatoms. The molecule has 0 unspecified atom stereocenters. The Morgan fingerprint density at radius 3 is 2.33 bits per heavy atom. The Labute approximate surface area is 277 Å². The molecule has 1 aliphatic heterocycles. The van der Waals surface area contributed by atoms with Crippen LogP contribution in [-0.2, 0) is 39.5 Å². The second-order valence-corrected chi connectivity index (χ2v) is 20.1. The van der Waals surface area contributed by atoms with Gasteiger partial charge in [0.15, 0.2) is 20.4 Å². The first kappa shape index (κ1) is 35.1. The molecule has 0 N–H and O–H groups in total. The topological polar surface area (TPSA) is 72.5 Å². The molecule has 2 bridgehead atoms. The SMILES string of the molecule is COCO[C@H]1C(=O)[C@]2(/C=C/[C@]3(OCc4ccccc4)CO[C@@H](c4ccccc4)O[C@H]3CCO[Si](C)(C)C(C)(C)C)CC[C@H]1C2(C)C. The predicted octanol–water partition coefficient (Wildman–Crippen LogP) is 8.02. The van der Waals surface area contributed by atoms with Gasteiger partial charge in [-0.1, -0.05) is 107 Å². The van der Waals surface area contributed by atoms with Gasteiger partial charge in [-0.15, -0.1) is 0 Å². The lowest BCUT2D eigenvalue weighted by atomic mass is 9.68. The predicted molar refractivity (Wildman–Crippen MR) is 182 cm³/mol. The first-order valence-electron chi connectivity index (χ1n) is 16.8. The van der Waals surface area contributed by atoms with Crippen molar-refractivity contribution in [3.8, 4) is 0 Å². The maximum absolute atomic E-state index is 14.1. The van der Waals surface area contributed by atoms with Gasteiger partial charge >= 0.3 is 0 Å². The van der Waals surface area contributed by atoms with Crippen molar-refractivity contribution in [3.63, 3.8) is 0 Å². The molecule has 2 aliphatic carbocycles. The van der Waals surface area contributed by atoms with E-state index in [-0.39, 0.29) is 41.7 Å². The van der Waals surface area contributed by atoms with E-state index in [0.29, 0.717) is 19.6 Å². The smallest absolute Gasteiger partial charge is 0.191 e. The van der Waals surface area contributed by atoms with Crippen molar-refractivity contribution in [1.82, 2.24) is 0 Å². The number of ether oxygens (including phenoxy) is 5. The van der Waals surface area contributed by atoms with Crippen LogP contribution in [0.25, 0.3) is 0 Å². The first-order chi connectivity index (χ1) is 21.8. The molecule has 0 radical (unpaired) electrons. The van der Waals surface area contributed by atoms with E-state index in [4.69, 9.17) is 28.1 Å².